The Morgan fingerprint density at radius 3 is 2.44 bits per heavy atom. The number of imidazole rings is 1. The fraction of sp³-hybridized carbons (Fsp3) is 0.278. The van der Waals surface area contributed by atoms with Crippen LogP contribution in [0.15, 0.2) is 40.0 Å². The maximum atomic E-state index is 12.7. The first-order valence-electron chi connectivity index (χ1n) is 8.36. The van der Waals surface area contributed by atoms with Gasteiger partial charge in [-0.1, -0.05) is 6.07 Å². The standard InChI is InChI=1S/C18H21N3O5S/c1-4-26-15-6-5-12(8-16(15)25-3)10-19-27(23,24)17-9-14-13(7-11(17)2)20-18(22)21-14/h5-9,19H,4,10H2,1-3H3,(H2,20,21,22). The van der Waals surface area contributed by atoms with Crippen LogP contribution in [-0.4, -0.2) is 32.1 Å². The molecule has 2 aromatic carbocycles. The van der Waals surface area contributed by atoms with Gasteiger partial charge in [-0.25, -0.2) is 17.9 Å². The van der Waals surface area contributed by atoms with Crippen LogP contribution in [0.1, 0.15) is 18.1 Å². The van der Waals surface area contributed by atoms with E-state index < -0.39 is 10.0 Å². The fourth-order valence-corrected chi connectivity index (χ4v) is 4.08. The first-order chi connectivity index (χ1) is 12.8. The van der Waals surface area contributed by atoms with Crippen LogP contribution in [0.4, 0.5) is 0 Å². The summed E-state index contributed by atoms with van der Waals surface area (Å²) in [5.74, 6) is 1.14. The number of rotatable bonds is 7. The van der Waals surface area contributed by atoms with Crippen LogP contribution in [0.2, 0.25) is 0 Å². The van der Waals surface area contributed by atoms with E-state index in [9.17, 15) is 13.2 Å². The summed E-state index contributed by atoms with van der Waals surface area (Å²) in [7, 11) is -2.24. The average Bonchev–Trinajstić information content (AvgIpc) is 2.99. The highest BCUT2D eigenvalue weighted by molar-refractivity contribution is 7.89. The monoisotopic (exact) mass is 391 g/mol. The predicted octanol–water partition coefficient (Wildman–Crippen LogP) is 2.05. The Kier molecular flexibility index (Phi) is 5.24. The van der Waals surface area contributed by atoms with Gasteiger partial charge in [0.05, 0.1) is 29.6 Å². The highest BCUT2D eigenvalue weighted by atomic mass is 32.2. The number of hydrogen-bond donors (Lipinski definition) is 3. The second-order valence-corrected chi connectivity index (χ2v) is 7.72. The van der Waals surface area contributed by atoms with Gasteiger partial charge in [-0.15, -0.1) is 0 Å². The molecule has 0 aliphatic heterocycles. The van der Waals surface area contributed by atoms with Crippen molar-refractivity contribution in [1.82, 2.24) is 14.7 Å². The van der Waals surface area contributed by atoms with Crippen LogP contribution < -0.4 is 19.9 Å². The van der Waals surface area contributed by atoms with E-state index in [4.69, 9.17) is 9.47 Å². The molecule has 27 heavy (non-hydrogen) atoms. The molecule has 3 rings (SSSR count). The summed E-state index contributed by atoms with van der Waals surface area (Å²) >= 11 is 0. The summed E-state index contributed by atoms with van der Waals surface area (Å²) in [5.41, 5.74) is 1.89. The summed E-state index contributed by atoms with van der Waals surface area (Å²) in [5, 5.41) is 0. The lowest BCUT2D eigenvalue weighted by molar-refractivity contribution is 0.310. The number of aromatic amines is 2. The number of methoxy groups -OCH3 is 1. The third-order valence-electron chi connectivity index (χ3n) is 4.10. The quantitative estimate of drug-likeness (QED) is 0.570. The van der Waals surface area contributed by atoms with E-state index in [1.807, 2.05) is 6.92 Å². The van der Waals surface area contributed by atoms with Gasteiger partial charge < -0.3 is 19.4 Å². The molecule has 0 radical (unpaired) electrons. The van der Waals surface area contributed by atoms with Gasteiger partial charge in [-0.05, 0) is 49.2 Å². The second-order valence-electron chi connectivity index (χ2n) is 5.99. The van der Waals surface area contributed by atoms with Gasteiger partial charge in [0.1, 0.15) is 0 Å². The van der Waals surface area contributed by atoms with E-state index in [1.54, 1.807) is 31.2 Å². The number of nitrogens with one attached hydrogen (secondary N) is 3. The van der Waals surface area contributed by atoms with E-state index in [0.29, 0.717) is 34.7 Å². The fourth-order valence-electron chi connectivity index (χ4n) is 2.81. The van der Waals surface area contributed by atoms with E-state index in [-0.39, 0.29) is 17.1 Å². The van der Waals surface area contributed by atoms with Gasteiger partial charge in [-0.2, -0.15) is 0 Å². The minimum atomic E-state index is -3.77. The Labute approximate surface area is 156 Å². The van der Waals surface area contributed by atoms with Crippen molar-refractivity contribution in [2.75, 3.05) is 13.7 Å². The molecule has 0 saturated heterocycles. The van der Waals surface area contributed by atoms with Gasteiger partial charge in [0.15, 0.2) is 11.5 Å². The summed E-state index contributed by atoms with van der Waals surface area (Å²) in [6, 6.07) is 8.32. The van der Waals surface area contributed by atoms with Crippen LogP contribution in [-0.2, 0) is 16.6 Å². The summed E-state index contributed by atoms with van der Waals surface area (Å²) in [4.78, 5) is 16.7. The average molecular weight is 391 g/mol. The molecule has 0 aliphatic rings. The first kappa shape index (κ1) is 19.0. The lowest BCUT2D eigenvalue weighted by Gasteiger charge is -2.12. The number of aryl methyl sites for hydroxylation is 1. The molecule has 0 aliphatic carbocycles. The zero-order chi connectivity index (χ0) is 19.6. The van der Waals surface area contributed by atoms with Crippen molar-refractivity contribution in [1.29, 1.82) is 0 Å². The van der Waals surface area contributed by atoms with Crippen molar-refractivity contribution in [2.45, 2.75) is 25.3 Å². The highest BCUT2D eigenvalue weighted by Gasteiger charge is 2.18. The Morgan fingerprint density at radius 2 is 1.78 bits per heavy atom. The van der Waals surface area contributed by atoms with Crippen molar-refractivity contribution in [3.63, 3.8) is 0 Å². The van der Waals surface area contributed by atoms with Gasteiger partial charge in [0.2, 0.25) is 10.0 Å². The molecule has 1 aromatic heterocycles. The number of benzene rings is 2. The van der Waals surface area contributed by atoms with Gasteiger partial charge in [-0.3, -0.25) is 0 Å². The molecule has 1 heterocycles. The molecule has 0 fully saturated rings. The Balaban J connectivity index is 1.85. The predicted molar refractivity (Wildman–Crippen MR) is 102 cm³/mol. The van der Waals surface area contributed by atoms with Crippen LogP contribution in [0, 0.1) is 6.92 Å². The van der Waals surface area contributed by atoms with Crippen LogP contribution >= 0.6 is 0 Å². The Bertz CT molecular complexity index is 1130. The summed E-state index contributed by atoms with van der Waals surface area (Å²) < 4.78 is 38.8. The lowest BCUT2D eigenvalue weighted by Crippen LogP contribution is -2.24. The van der Waals surface area contributed by atoms with Crippen LogP contribution in [0.3, 0.4) is 0 Å². The van der Waals surface area contributed by atoms with E-state index >= 15 is 0 Å². The zero-order valence-electron chi connectivity index (χ0n) is 15.3. The van der Waals surface area contributed by atoms with E-state index in [0.717, 1.165) is 5.56 Å². The maximum absolute atomic E-state index is 12.7. The number of ether oxygens (including phenoxy) is 2. The molecule has 0 unspecified atom stereocenters. The molecule has 3 aromatic rings. The SMILES string of the molecule is CCOc1ccc(CNS(=O)(=O)c2cc3[nH]c(=O)[nH]c3cc2C)cc1OC. The molecule has 3 N–H and O–H groups in total. The minimum absolute atomic E-state index is 0.0895. The third-order valence-corrected chi connectivity index (χ3v) is 5.64. The van der Waals surface area contributed by atoms with Gasteiger partial charge in [0, 0.05) is 6.54 Å². The lowest BCUT2D eigenvalue weighted by atomic mass is 10.2. The van der Waals surface area contributed by atoms with E-state index in [1.165, 1.54) is 13.2 Å². The normalized spacial score (nSPS) is 11.7. The molecule has 0 spiro atoms. The Morgan fingerprint density at radius 1 is 1.07 bits per heavy atom. The number of fused-ring (bicyclic) bond motifs is 1. The maximum Gasteiger partial charge on any atom is 0.323 e. The van der Waals surface area contributed by atoms with Crippen molar-refractivity contribution < 1.29 is 17.9 Å². The zero-order valence-corrected chi connectivity index (χ0v) is 16.1. The van der Waals surface area contributed by atoms with Crippen molar-refractivity contribution >= 4 is 21.1 Å². The van der Waals surface area contributed by atoms with Gasteiger partial charge in [0.25, 0.3) is 0 Å². The molecule has 0 atom stereocenters. The number of sulfonamides is 1. The van der Waals surface area contributed by atoms with Crippen LogP contribution in [0.25, 0.3) is 11.0 Å². The largest absolute Gasteiger partial charge is 0.493 e. The molecule has 0 bridgehead atoms. The molecule has 0 saturated carbocycles. The summed E-state index contributed by atoms with van der Waals surface area (Å²) in [6.45, 7) is 4.15. The number of hydrogen-bond acceptors (Lipinski definition) is 5. The van der Waals surface area contributed by atoms with Crippen molar-refractivity contribution in [3.8, 4) is 11.5 Å². The summed E-state index contributed by atoms with van der Waals surface area (Å²) in [6.07, 6.45) is 0. The van der Waals surface area contributed by atoms with Crippen molar-refractivity contribution in [3.05, 3.63) is 51.9 Å². The molecule has 9 heteroatoms. The number of H-pyrrole nitrogens is 2. The molecular weight excluding hydrogens is 370 g/mol. The smallest absolute Gasteiger partial charge is 0.323 e. The van der Waals surface area contributed by atoms with Crippen molar-refractivity contribution in [2.24, 2.45) is 0 Å². The van der Waals surface area contributed by atoms with Gasteiger partial charge >= 0.3 is 5.69 Å². The Hall–Kier alpha value is -2.78. The first-order valence-corrected chi connectivity index (χ1v) is 9.84. The second kappa shape index (κ2) is 7.45. The van der Waals surface area contributed by atoms with Crippen LogP contribution in [0.5, 0.6) is 11.5 Å². The molecule has 0 amide bonds. The highest BCUT2D eigenvalue weighted by Crippen LogP contribution is 2.28. The molecular formula is C18H21N3O5S. The minimum Gasteiger partial charge on any atom is -0.493 e. The van der Waals surface area contributed by atoms with E-state index in [2.05, 4.69) is 14.7 Å². The third kappa shape index (κ3) is 3.99. The molecule has 144 valence electrons. The molecule has 8 nitrogen and oxygen atoms in total. The number of aromatic nitrogens is 2. The topological polar surface area (TPSA) is 113 Å².